The molecular formula is C15H13BO. The standard InChI is InChI=1S/C15H13BO/c1-2-17-13-4-6-15-11(9-13)7-10-8-12(16)3-5-14(10)15/h3-6,8-9H,2,7H2,1H3. The Balaban J connectivity index is 2.06. The monoisotopic (exact) mass is 220 g/mol. The predicted octanol–water partition coefficient (Wildman–Crippen LogP) is 2.45. The molecule has 1 aliphatic rings. The zero-order chi connectivity index (χ0) is 11.8. The molecule has 0 atom stereocenters. The first-order chi connectivity index (χ1) is 8.28. The van der Waals surface area contributed by atoms with E-state index in [0.717, 1.165) is 17.6 Å². The molecule has 1 nitrogen and oxygen atoms in total. The van der Waals surface area contributed by atoms with Gasteiger partial charge in [-0.05, 0) is 47.7 Å². The van der Waals surface area contributed by atoms with Crippen LogP contribution in [-0.2, 0) is 6.42 Å². The van der Waals surface area contributed by atoms with Crippen LogP contribution in [0.3, 0.4) is 0 Å². The molecule has 0 spiro atoms. The Morgan fingerprint density at radius 2 is 1.76 bits per heavy atom. The van der Waals surface area contributed by atoms with Gasteiger partial charge in [0, 0.05) is 0 Å². The van der Waals surface area contributed by atoms with Gasteiger partial charge < -0.3 is 4.74 Å². The van der Waals surface area contributed by atoms with Gasteiger partial charge in [-0.3, -0.25) is 0 Å². The van der Waals surface area contributed by atoms with E-state index >= 15 is 0 Å². The molecule has 0 N–H and O–H groups in total. The molecule has 3 rings (SSSR count). The Morgan fingerprint density at radius 1 is 1.06 bits per heavy atom. The summed E-state index contributed by atoms with van der Waals surface area (Å²) >= 11 is 0. The van der Waals surface area contributed by atoms with Crippen molar-refractivity contribution >= 4 is 13.3 Å². The fourth-order valence-electron chi connectivity index (χ4n) is 2.46. The lowest BCUT2D eigenvalue weighted by molar-refractivity contribution is 0.340. The molecule has 0 fully saturated rings. The normalized spacial score (nSPS) is 12.1. The molecule has 0 aliphatic heterocycles. The molecule has 2 aromatic rings. The minimum Gasteiger partial charge on any atom is -0.494 e. The average Bonchev–Trinajstić information content (AvgIpc) is 2.65. The highest BCUT2D eigenvalue weighted by Crippen LogP contribution is 2.37. The number of rotatable bonds is 2. The third-order valence-electron chi connectivity index (χ3n) is 3.19. The summed E-state index contributed by atoms with van der Waals surface area (Å²) in [5.41, 5.74) is 6.09. The molecule has 0 heterocycles. The van der Waals surface area contributed by atoms with Crippen molar-refractivity contribution in [3.8, 4) is 16.9 Å². The maximum Gasteiger partial charge on any atom is 0.119 e. The van der Waals surface area contributed by atoms with E-state index in [4.69, 9.17) is 12.6 Å². The molecule has 2 radical (unpaired) electrons. The van der Waals surface area contributed by atoms with E-state index in [9.17, 15) is 0 Å². The van der Waals surface area contributed by atoms with Crippen LogP contribution in [0, 0.1) is 0 Å². The summed E-state index contributed by atoms with van der Waals surface area (Å²) in [5.74, 6) is 0.951. The topological polar surface area (TPSA) is 9.23 Å². The van der Waals surface area contributed by atoms with Gasteiger partial charge in [0.05, 0.1) is 6.61 Å². The molecule has 17 heavy (non-hydrogen) atoms. The second kappa shape index (κ2) is 3.95. The van der Waals surface area contributed by atoms with Crippen LogP contribution in [0.2, 0.25) is 0 Å². The van der Waals surface area contributed by atoms with Gasteiger partial charge in [0.1, 0.15) is 13.6 Å². The van der Waals surface area contributed by atoms with Crippen LogP contribution in [0.1, 0.15) is 18.1 Å². The number of benzene rings is 2. The molecule has 0 bridgehead atoms. The highest BCUT2D eigenvalue weighted by Gasteiger charge is 2.18. The molecule has 0 saturated carbocycles. The molecule has 0 saturated heterocycles. The van der Waals surface area contributed by atoms with E-state index in [1.165, 1.54) is 22.3 Å². The Morgan fingerprint density at radius 3 is 2.53 bits per heavy atom. The quantitative estimate of drug-likeness (QED) is 0.602. The molecule has 0 aromatic heterocycles. The minimum absolute atomic E-state index is 0.707. The van der Waals surface area contributed by atoms with Gasteiger partial charge >= 0.3 is 0 Å². The third kappa shape index (κ3) is 1.74. The van der Waals surface area contributed by atoms with Gasteiger partial charge in [-0.15, -0.1) is 0 Å². The summed E-state index contributed by atoms with van der Waals surface area (Å²) in [5, 5.41) is 0. The molecule has 82 valence electrons. The van der Waals surface area contributed by atoms with E-state index in [-0.39, 0.29) is 0 Å². The van der Waals surface area contributed by atoms with Gasteiger partial charge in [0.25, 0.3) is 0 Å². The maximum atomic E-state index is 5.82. The van der Waals surface area contributed by atoms with E-state index in [1.807, 2.05) is 19.1 Å². The smallest absolute Gasteiger partial charge is 0.119 e. The fraction of sp³-hybridized carbons (Fsp3) is 0.200. The summed E-state index contributed by atoms with van der Waals surface area (Å²) in [6.45, 7) is 2.71. The van der Waals surface area contributed by atoms with Gasteiger partial charge in [0.15, 0.2) is 0 Å². The lowest BCUT2D eigenvalue weighted by Gasteiger charge is -2.05. The minimum atomic E-state index is 0.707. The number of ether oxygens (including phenoxy) is 1. The van der Waals surface area contributed by atoms with Crippen LogP contribution in [0.15, 0.2) is 36.4 Å². The Hall–Kier alpha value is -1.70. The van der Waals surface area contributed by atoms with Crippen molar-refractivity contribution in [3.05, 3.63) is 47.5 Å². The second-order valence-electron chi connectivity index (χ2n) is 4.35. The largest absolute Gasteiger partial charge is 0.494 e. The van der Waals surface area contributed by atoms with E-state index in [0.29, 0.717) is 6.61 Å². The first-order valence-electron chi connectivity index (χ1n) is 5.92. The second-order valence-corrected chi connectivity index (χ2v) is 4.35. The molecule has 0 amide bonds. The van der Waals surface area contributed by atoms with Crippen molar-refractivity contribution in [2.75, 3.05) is 6.61 Å². The number of hydrogen-bond acceptors (Lipinski definition) is 1. The van der Waals surface area contributed by atoms with Crippen molar-refractivity contribution in [2.45, 2.75) is 13.3 Å². The van der Waals surface area contributed by atoms with Crippen molar-refractivity contribution in [2.24, 2.45) is 0 Å². The molecule has 2 aromatic carbocycles. The summed E-state index contributed by atoms with van der Waals surface area (Å²) in [4.78, 5) is 0. The van der Waals surface area contributed by atoms with Gasteiger partial charge in [-0.25, -0.2) is 0 Å². The van der Waals surface area contributed by atoms with Crippen molar-refractivity contribution < 1.29 is 4.74 Å². The van der Waals surface area contributed by atoms with Crippen LogP contribution < -0.4 is 10.2 Å². The van der Waals surface area contributed by atoms with E-state index in [2.05, 4.69) is 24.3 Å². The van der Waals surface area contributed by atoms with Crippen LogP contribution in [-0.4, -0.2) is 14.5 Å². The Labute approximate surface area is 103 Å². The maximum absolute atomic E-state index is 5.82. The van der Waals surface area contributed by atoms with E-state index < -0.39 is 0 Å². The highest BCUT2D eigenvalue weighted by molar-refractivity contribution is 6.32. The van der Waals surface area contributed by atoms with Crippen LogP contribution in [0.25, 0.3) is 11.1 Å². The SMILES string of the molecule is [B]c1ccc2c(c1)Cc1cc(OCC)ccc1-2. The van der Waals surface area contributed by atoms with Crippen molar-refractivity contribution in [1.29, 1.82) is 0 Å². The first kappa shape index (κ1) is 10.5. The third-order valence-corrected chi connectivity index (χ3v) is 3.19. The van der Waals surface area contributed by atoms with Crippen molar-refractivity contribution in [1.82, 2.24) is 0 Å². The molecular weight excluding hydrogens is 207 g/mol. The highest BCUT2D eigenvalue weighted by atomic mass is 16.5. The summed E-state index contributed by atoms with van der Waals surface area (Å²) in [7, 11) is 5.82. The van der Waals surface area contributed by atoms with Crippen LogP contribution in [0.4, 0.5) is 0 Å². The predicted molar refractivity (Wildman–Crippen MR) is 71.2 cm³/mol. The lowest BCUT2D eigenvalue weighted by Crippen LogP contribution is -2.01. The Kier molecular flexibility index (Phi) is 2.43. The Bertz CT molecular complexity index is 575. The molecule has 0 unspecified atom stereocenters. The summed E-state index contributed by atoms with van der Waals surface area (Å²) in [6.07, 6.45) is 0.955. The summed E-state index contributed by atoms with van der Waals surface area (Å²) < 4.78 is 5.53. The van der Waals surface area contributed by atoms with E-state index in [1.54, 1.807) is 0 Å². The number of fused-ring (bicyclic) bond motifs is 3. The van der Waals surface area contributed by atoms with Crippen LogP contribution >= 0.6 is 0 Å². The van der Waals surface area contributed by atoms with Gasteiger partial charge in [-0.2, -0.15) is 0 Å². The van der Waals surface area contributed by atoms with Crippen LogP contribution in [0.5, 0.6) is 5.75 Å². The average molecular weight is 220 g/mol. The summed E-state index contributed by atoms with van der Waals surface area (Å²) in [6, 6.07) is 12.4. The van der Waals surface area contributed by atoms with Gasteiger partial charge in [0.2, 0.25) is 0 Å². The molecule has 1 aliphatic carbocycles. The fourth-order valence-corrected chi connectivity index (χ4v) is 2.46. The lowest BCUT2D eigenvalue weighted by atomic mass is 9.92. The zero-order valence-corrected chi connectivity index (χ0v) is 9.86. The first-order valence-corrected chi connectivity index (χ1v) is 5.92. The van der Waals surface area contributed by atoms with Crippen molar-refractivity contribution in [3.63, 3.8) is 0 Å². The van der Waals surface area contributed by atoms with Gasteiger partial charge in [-0.1, -0.05) is 29.7 Å². The number of hydrogen-bond donors (Lipinski definition) is 0. The molecule has 2 heteroatoms. The zero-order valence-electron chi connectivity index (χ0n) is 9.86.